The van der Waals surface area contributed by atoms with E-state index in [0.717, 1.165) is 56.0 Å². The minimum Gasteiger partial charge on any atom is -0.496 e. The van der Waals surface area contributed by atoms with Crippen LogP contribution in [0.15, 0.2) is 48.8 Å². The van der Waals surface area contributed by atoms with E-state index >= 15 is 0 Å². The Kier molecular flexibility index (Phi) is 7.21. The number of hydrogen-bond donors (Lipinski definition) is 1. The van der Waals surface area contributed by atoms with E-state index < -0.39 is 11.6 Å². The Labute approximate surface area is 237 Å². The van der Waals surface area contributed by atoms with Crippen molar-refractivity contribution in [3.63, 3.8) is 0 Å². The number of nitrogens with one attached hydrogen (secondary N) is 1. The number of halogens is 2. The quantitative estimate of drug-likeness (QED) is 0.367. The van der Waals surface area contributed by atoms with Gasteiger partial charge in [-0.1, -0.05) is 0 Å². The van der Waals surface area contributed by atoms with E-state index in [1.54, 1.807) is 30.1 Å². The molecule has 2 aliphatic heterocycles. The summed E-state index contributed by atoms with van der Waals surface area (Å²) in [5.74, 6) is -0.157. The van der Waals surface area contributed by atoms with Crippen molar-refractivity contribution in [3.8, 4) is 5.75 Å². The van der Waals surface area contributed by atoms with Crippen LogP contribution in [0.25, 0.3) is 5.65 Å². The maximum Gasteiger partial charge on any atom is 0.259 e. The topological polar surface area (TPSA) is 78.2 Å². The van der Waals surface area contributed by atoms with Gasteiger partial charge in [0, 0.05) is 56.2 Å². The first-order chi connectivity index (χ1) is 19.8. The molecular formula is C30H33F2N7O2. The molecule has 0 bridgehead atoms. The van der Waals surface area contributed by atoms with E-state index in [0.29, 0.717) is 47.0 Å². The molecule has 214 valence electrons. The van der Waals surface area contributed by atoms with Crippen molar-refractivity contribution >= 4 is 28.7 Å². The Morgan fingerprint density at radius 2 is 1.88 bits per heavy atom. The number of carbonyl (C=O) groups is 1. The summed E-state index contributed by atoms with van der Waals surface area (Å²) in [6, 6.07) is 8.79. The molecule has 1 unspecified atom stereocenters. The molecule has 1 amide bonds. The number of anilines is 3. The molecule has 1 N–H and O–H groups in total. The van der Waals surface area contributed by atoms with Crippen LogP contribution < -0.4 is 19.9 Å². The number of rotatable bonds is 6. The number of piperazine rings is 1. The maximum atomic E-state index is 14.6. The Morgan fingerprint density at radius 1 is 1.07 bits per heavy atom. The molecule has 2 saturated heterocycles. The van der Waals surface area contributed by atoms with Crippen LogP contribution in [0.4, 0.5) is 26.0 Å². The van der Waals surface area contributed by atoms with Gasteiger partial charge in [0.05, 0.1) is 24.9 Å². The highest BCUT2D eigenvalue weighted by Crippen LogP contribution is 2.37. The minimum absolute atomic E-state index is 0.314. The van der Waals surface area contributed by atoms with Gasteiger partial charge in [-0.25, -0.2) is 18.3 Å². The molecule has 0 radical (unpaired) electrons. The monoisotopic (exact) mass is 561 g/mol. The van der Waals surface area contributed by atoms with Gasteiger partial charge in [-0.3, -0.25) is 4.79 Å². The van der Waals surface area contributed by atoms with E-state index in [-0.39, 0.29) is 11.9 Å². The summed E-state index contributed by atoms with van der Waals surface area (Å²) in [4.78, 5) is 24.9. The van der Waals surface area contributed by atoms with Gasteiger partial charge >= 0.3 is 0 Å². The van der Waals surface area contributed by atoms with E-state index in [2.05, 4.69) is 27.3 Å². The summed E-state index contributed by atoms with van der Waals surface area (Å²) in [5.41, 5.74) is 3.67. The van der Waals surface area contributed by atoms with Gasteiger partial charge < -0.3 is 24.8 Å². The third-order valence-electron chi connectivity index (χ3n) is 8.07. The van der Waals surface area contributed by atoms with Crippen LogP contribution in [0.3, 0.4) is 0 Å². The molecule has 41 heavy (non-hydrogen) atoms. The zero-order valence-corrected chi connectivity index (χ0v) is 23.4. The lowest BCUT2D eigenvalue weighted by Crippen LogP contribution is -2.44. The molecule has 2 aliphatic rings. The van der Waals surface area contributed by atoms with Gasteiger partial charge in [-0.05, 0) is 62.7 Å². The van der Waals surface area contributed by atoms with Crippen LogP contribution in [0.2, 0.25) is 0 Å². The fourth-order valence-electron chi connectivity index (χ4n) is 5.84. The van der Waals surface area contributed by atoms with Crippen LogP contribution in [-0.4, -0.2) is 72.3 Å². The Bertz CT molecular complexity index is 1600. The molecule has 9 nitrogen and oxygen atoms in total. The fraction of sp³-hybridized carbons (Fsp3) is 0.367. The molecule has 2 fully saturated rings. The molecule has 6 rings (SSSR count). The number of benzene rings is 2. The molecule has 11 heteroatoms. The van der Waals surface area contributed by atoms with Crippen molar-refractivity contribution in [1.29, 1.82) is 0 Å². The fourth-order valence-corrected chi connectivity index (χ4v) is 5.84. The summed E-state index contributed by atoms with van der Waals surface area (Å²) < 4.78 is 35.8. The lowest BCUT2D eigenvalue weighted by Gasteiger charge is -2.35. The number of aromatic nitrogens is 3. The number of amides is 1. The predicted molar refractivity (Wildman–Crippen MR) is 154 cm³/mol. The second-order valence-corrected chi connectivity index (χ2v) is 10.7. The number of likely N-dealkylation sites (N-methyl/N-ethyl adjacent to an activating group) is 1. The van der Waals surface area contributed by atoms with Crippen molar-refractivity contribution in [1.82, 2.24) is 19.5 Å². The van der Waals surface area contributed by atoms with Crippen molar-refractivity contribution in [3.05, 3.63) is 77.1 Å². The highest BCUT2D eigenvalue weighted by atomic mass is 19.1. The van der Waals surface area contributed by atoms with Gasteiger partial charge in [0.1, 0.15) is 28.9 Å². The second kappa shape index (κ2) is 11.0. The molecule has 0 saturated carbocycles. The highest BCUT2D eigenvalue weighted by Gasteiger charge is 2.30. The average Bonchev–Trinajstić information content (AvgIpc) is 3.62. The van der Waals surface area contributed by atoms with Gasteiger partial charge in [0.15, 0.2) is 5.65 Å². The minimum atomic E-state index is -0.473. The summed E-state index contributed by atoms with van der Waals surface area (Å²) >= 11 is 0. The summed E-state index contributed by atoms with van der Waals surface area (Å²) in [6.07, 6.45) is 4.80. The normalized spacial score (nSPS) is 17.8. The van der Waals surface area contributed by atoms with Crippen LogP contribution in [0.5, 0.6) is 5.75 Å². The smallest absolute Gasteiger partial charge is 0.259 e. The van der Waals surface area contributed by atoms with Crippen LogP contribution in [-0.2, 0) is 0 Å². The van der Waals surface area contributed by atoms with Gasteiger partial charge in [-0.2, -0.15) is 5.10 Å². The predicted octanol–water partition coefficient (Wildman–Crippen LogP) is 4.67. The number of nitrogens with zero attached hydrogens (tertiary/aromatic N) is 6. The summed E-state index contributed by atoms with van der Waals surface area (Å²) in [5, 5.41) is 7.30. The Hall–Kier alpha value is -4.25. The number of hydrogen-bond acceptors (Lipinski definition) is 7. The molecule has 1 atom stereocenters. The van der Waals surface area contributed by atoms with E-state index in [4.69, 9.17) is 9.72 Å². The van der Waals surface area contributed by atoms with Gasteiger partial charge in [0.25, 0.3) is 5.91 Å². The summed E-state index contributed by atoms with van der Waals surface area (Å²) in [7, 11) is 3.68. The molecule has 0 spiro atoms. The number of ether oxygens (including phenoxy) is 1. The van der Waals surface area contributed by atoms with Gasteiger partial charge in [-0.15, -0.1) is 0 Å². The zero-order chi connectivity index (χ0) is 28.7. The molecule has 4 aromatic rings. The van der Waals surface area contributed by atoms with E-state index in [1.165, 1.54) is 6.07 Å². The lowest BCUT2D eigenvalue weighted by atomic mass is 10.0. The third-order valence-corrected chi connectivity index (χ3v) is 8.07. The molecule has 4 heterocycles. The highest BCUT2D eigenvalue weighted by molar-refractivity contribution is 6.08. The van der Waals surface area contributed by atoms with E-state index in [1.807, 2.05) is 24.0 Å². The third kappa shape index (κ3) is 5.17. The van der Waals surface area contributed by atoms with E-state index in [9.17, 15) is 13.6 Å². The maximum absolute atomic E-state index is 14.6. The second-order valence-electron chi connectivity index (χ2n) is 10.7. The molecule has 2 aromatic carbocycles. The van der Waals surface area contributed by atoms with Crippen LogP contribution in [0.1, 0.15) is 40.4 Å². The molecule has 2 aromatic heterocycles. The first-order valence-corrected chi connectivity index (χ1v) is 13.8. The Balaban J connectivity index is 1.27. The first kappa shape index (κ1) is 26.9. The average molecular weight is 562 g/mol. The zero-order valence-electron chi connectivity index (χ0n) is 23.4. The first-order valence-electron chi connectivity index (χ1n) is 13.8. The number of aryl methyl sites for hydroxylation is 1. The largest absolute Gasteiger partial charge is 0.496 e. The van der Waals surface area contributed by atoms with Gasteiger partial charge in [0.2, 0.25) is 0 Å². The van der Waals surface area contributed by atoms with Crippen LogP contribution in [0, 0.1) is 18.6 Å². The number of carbonyl (C=O) groups excluding carboxylic acids is 1. The SMILES string of the molecule is COc1cc(N2CCN(C)CC2)c(C)cc1C(=O)Nc1cnn2ccc(N3CCCC3c3cc(F)ccc3F)nc12. The van der Waals surface area contributed by atoms with Crippen molar-refractivity contribution in [2.24, 2.45) is 0 Å². The number of methoxy groups -OCH3 is 1. The van der Waals surface area contributed by atoms with Crippen molar-refractivity contribution in [2.75, 3.05) is 62.0 Å². The Morgan fingerprint density at radius 3 is 2.66 bits per heavy atom. The lowest BCUT2D eigenvalue weighted by molar-refractivity contribution is 0.102. The number of fused-ring (bicyclic) bond motifs is 1. The molecule has 0 aliphatic carbocycles. The summed E-state index contributed by atoms with van der Waals surface area (Å²) in [6.45, 7) is 6.42. The van der Waals surface area contributed by atoms with Crippen molar-refractivity contribution < 1.29 is 18.3 Å². The standard InChI is InChI=1S/C30H33F2N7O2/c1-19-15-22(27(41-3)17-26(19)37-13-11-36(2)12-14-37)30(40)34-24-18-33-39-10-8-28(35-29(24)39)38-9-4-5-25(38)21-16-20(31)6-7-23(21)32/h6-8,10,15-18,25H,4-5,9,11-14H2,1-3H3,(H,34,40). The van der Waals surface area contributed by atoms with Crippen molar-refractivity contribution in [2.45, 2.75) is 25.8 Å². The van der Waals surface area contributed by atoms with Crippen LogP contribution >= 0.6 is 0 Å². The molecular weight excluding hydrogens is 528 g/mol.